The molecule has 226 valence electrons. The molecule has 7 nitrogen and oxygen atoms in total. The highest BCUT2D eigenvalue weighted by Gasteiger charge is 2.18. The van der Waals surface area contributed by atoms with Gasteiger partial charge < -0.3 is 0 Å². The maximum Gasteiger partial charge on any atom is 0.339 e. The third-order valence-electron chi connectivity index (χ3n) is 8.59. The lowest BCUT2D eigenvalue weighted by Crippen LogP contribution is -2.25. The average Bonchev–Trinajstić information content (AvgIpc) is 3.56. The van der Waals surface area contributed by atoms with Crippen LogP contribution in [0.4, 0.5) is 0 Å². The first kappa shape index (κ1) is 27.6. The van der Waals surface area contributed by atoms with E-state index in [-0.39, 0.29) is 5.69 Å². The van der Waals surface area contributed by atoms with Crippen LogP contribution in [0.2, 0.25) is 0 Å². The van der Waals surface area contributed by atoms with Crippen molar-refractivity contribution in [3.8, 4) is 51.0 Å². The Labute approximate surface area is 275 Å². The van der Waals surface area contributed by atoms with Gasteiger partial charge in [0.05, 0.1) is 22.2 Å². The fraction of sp³-hybridized carbons (Fsp3) is 0. The molecule has 9 rings (SSSR count). The predicted octanol–water partition coefficient (Wildman–Crippen LogP) is 8.64. The molecular weight excluding hydrogens is 592 g/mol. The summed E-state index contributed by atoms with van der Waals surface area (Å²) in [5.74, 6) is 1.82. The van der Waals surface area contributed by atoms with Crippen molar-refractivity contribution in [2.24, 2.45) is 0 Å². The van der Waals surface area contributed by atoms with Crippen LogP contribution >= 0.6 is 0 Å². The first-order chi connectivity index (χ1) is 23.7. The molecule has 0 aliphatic carbocycles. The van der Waals surface area contributed by atoms with Crippen LogP contribution < -0.4 is 5.69 Å². The number of rotatable bonds is 5. The molecule has 7 heteroatoms. The van der Waals surface area contributed by atoms with E-state index >= 15 is 0 Å². The SMILES string of the molecule is O=c1n(-c2ccccc2)c2ccccc2c2nc3cc(-c4cccc(-c5nc(-c6ccccc6)nc(-c6ccccc6)n5)c4)ccc3n12. The van der Waals surface area contributed by atoms with Crippen LogP contribution in [0.15, 0.2) is 163 Å². The lowest BCUT2D eigenvalue weighted by atomic mass is 10.0. The number of hydrogen-bond donors (Lipinski definition) is 0. The number of imidazole rings is 1. The van der Waals surface area contributed by atoms with Gasteiger partial charge in [0.15, 0.2) is 23.1 Å². The summed E-state index contributed by atoms with van der Waals surface area (Å²) in [6, 6.07) is 51.8. The molecule has 0 amide bonds. The lowest BCUT2D eigenvalue weighted by molar-refractivity contribution is 0.932. The van der Waals surface area contributed by atoms with Gasteiger partial charge in [-0.05, 0) is 53.6 Å². The van der Waals surface area contributed by atoms with E-state index in [1.165, 1.54) is 0 Å². The van der Waals surface area contributed by atoms with E-state index in [0.717, 1.165) is 55.4 Å². The average molecular weight is 619 g/mol. The molecule has 0 fully saturated rings. The first-order valence-corrected chi connectivity index (χ1v) is 15.7. The molecule has 0 bridgehead atoms. The standard InChI is InChI=1S/C41H26N6O/c48-41-46(32-19-8-3-9-20-32)35-22-11-10-21-33(35)40-42-34-26-30(23-24-36(34)47(40)41)29-17-12-18-31(25-29)39-44-37(27-13-4-1-5-14-27)43-38(45-39)28-15-6-2-7-16-28/h1-26H. The van der Waals surface area contributed by atoms with Crippen molar-refractivity contribution < 1.29 is 0 Å². The van der Waals surface area contributed by atoms with E-state index < -0.39 is 0 Å². The molecule has 0 radical (unpaired) electrons. The minimum atomic E-state index is -0.162. The Bertz CT molecular complexity index is 2630. The number of para-hydroxylation sites is 2. The Balaban J connectivity index is 1.19. The Kier molecular flexibility index (Phi) is 6.47. The zero-order valence-electron chi connectivity index (χ0n) is 25.6. The Morgan fingerprint density at radius 2 is 0.958 bits per heavy atom. The van der Waals surface area contributed by atoms with Crippen molar-refractivity contribution in [2.45, 2.75) is 0 Å². The smallest absolute Gasteiger partial charge is 0.262 e. The Morgan fingerprint density at radius 3 is 1.65 bits per heavy atom. The van der Waals surface area contributed by atoms with Gasteiger partial charge in [0, 0.05) is 22.1 Å². The lowest BCUT2D eigenvalue weighted by Gasteiger charge is -2.12. The third kappa shape index (κ3) is 4.65. The molecular formula is C41H26N6O. The number of hydrogen-bond acceptors (Lipinski definition) is 5. The summed E-state index contributed by atoms with van der Waals surface area (Å²) in [6.45, 7) is 0. The minimum absolute atomic E-state index is 0.162. The summed E-state index contributed by atoms with van der Waals surface area (Å²) in [7, 11) is 0. The molecule has 0 saturated heterocycles. The van der Waals surface area contributed by atoms with Crippen LogP contribution in [-0.2, 0) is 0 Å². The van der Waals surface area contributed by atoms with E-state index in [4.69, 9.17) is 19.9 Å². The summed E-state index contributed by atoms with van der Waals surface area (Å²) in [6.07, 6.45) is 0. The van der Waals surface area contributed by atoms with Gasteiger partial charge in [0.1, 0.15) is 0 Å². The van der Waals surface area contributed by atoms with E-state index in [2.05, 4.69) is 12.1 Å². The largest absolute Gasteiger partial charge is 0.339 e. The highest BCUT2D eigenvalue weighted by Crippen LogP contribution is 2.31. The van der Waals surface area contributed by atoms with Gasteiger partial charge in [-0.15, -0.1) is 0 Å². The molecule has 0 aliphatic heterocycles. The van der Waals surface area contributed by atoms with Gasteiger partial charge in [0.2, 0.25) is 0 Å². The van der Waals surface area contributed by atoms with Crippen molar-refractivity contribution in [1.82, 2.24) is 28.9 Å². The second-order valence-electron chi connectivity index (χ2n) is 11.6. The molecule has 48 heavy (non-hydrogen) atoms. The predicted molar refractivity (Wildman–Crippen MR) is 191 cm³/mol. The maximum absolute atomic E-state index is 14.1. The quantitative estimate of drug-likeness (QED) is 0.193. The van der Waals surface area contributed by atoms with Crippen LogP contribution in [0.5, 0.6) is 0 Å². The van der Waals surface area contributed by atoms with E-state index in [1.807, 2.05) is 146 Å². The zero-order chi connectivity index (χ0) is 32.0. The summed E-state index contributed by atoms with van der Waals surface area (Å²) >= 11 is 0. The first-order valence-electron chi connectivity index (χ1n) is 15.7. The van der Waals surface area contributed by atoms with Crippen molar-refractivity contribution in [3.63, 3.8) is 0 Å². The topological polar surface area (TPSA) is 78.0 Å². The highest BCUT2D eigenvalue weighted by molar-refractivity contribution is 5.98. The van der Waals surface area contributed by atoms with Crippen molar-refractivity contribution in [3.05, 3.63) is 168 Å². The fourth-order valence-corrected chi connectivity index (χ4v) is 6.30. The Morgan fingerprint density at radius 1 is 0.417 bits per heavy atom. The summed E-state index contributed by atoms with van der Waals surface area (Å²) in [5, 5.41) is 0.902. The molecule has 0 aliphatic rings. The van der Waals surface area contributed by atoms with Gasteiger partial charge in [0.25, 0.3) is 0 Å². The van der Waals surface area contributed by atoms with Gasteiger partial charge in [-0.25, -0.2) is 29.1 Å². The summed E-state index contributed by atoms with van der Waals surface area (Å²) < 4.78 is 3.47. The summed E-state index contributed by atoms with van der Waals surface area (Å²) in [5.41, 5.74) is 8.26. The maximum atomic E-state index is 14.1. The molecule has 0 unspecified atom stereocenters. The van der Waals surface area contributed by atoms with Crippen LogP contribution in [0.1, 0.15) is 0 Å². The van der Waals surface area contributed by atoms with E-state index in [0.29, 0.717) is 23.1 Å². The van der Waals surface area contributed by atoms with Gasteiger partial charge >= 0.3 is 5.69 Å². The molecule has 3 aromatic heterocycles. The molecule has 0 spiro atoms. The van der Waals surface area contributed by atoms with Crippen molar-refractivity contribution in [2.75, 3.05) is 0 Å². The normalized spacial score (nSPS) is 11.4. The zero-order valence-corrected chi connectivity index (χ0v) is 25.6. The van der Waals surface area contributed by atoms with Gasteiger partial charge in [-0.1, -0.05) is 115 Å². The van der Waals surface area contributed by atoms with Crippen LogP contribution in [-0.4, -0.2) is 28.9 Å². The van der Waals surface area contributed by atoms with Crippen LogP contribution in [0.25, 0.3) is 78.6 Å². The number of fused-ring (bicyclic) bond motifs is 5. The monoisotopic (exact) mass is 618 g/mol. The van der Waals surface area contributed by atoms with Crippen molar-refractivity contribution >= 4 is 27.6 Å². The fourth-order valence-electron chi connectivity index (χ4n) is 6.30. The molecule has 9 aromatic rings. The molecule has 0 atom stereocenters. The number of benzene rings is 6. The van der Waals surface area contributed by atoms with Crippen LogP contribution in [0.3, 0.4) is 0 Å². The van der Waals surface area contributed by atoms with Gasteiger partial charge in [-0.3, -0.25) is 4.57 Å². The van der Waals surface area contributed by atoms with Crippen molar-refractivity contribution in [1.29, 1.82) is 0 Å². The third-order valence-corrected chi connectivity index (χ3v) is 8.59. The van der Waals surface area contributed by atoms with E-state index in [9.17, 15) is 4.79 Å². The second kappa shape index (κ2) is 11.3. The van der Waals surface area contributed by atoms with Gasteiger partial charge in [-0.2, -0.15) is 0 Å². The molecule has 6 aromatic carbocycles. The minimum Gasteiger partial charge on any atom is -0.262 e. The Hall–Kier alpha value is -6.73. The highest BCUT2D eigenvalue weighted by atomic mass is 16.1. The second-order valence-corrected chi connectivity index (χ2v) is 11.6. The molecule has 0 saturated carbocycles. The van der Waals surface area contributed by atoms with E-state index in [1.54, 1.807) is 8.97 Å². The summed E-state index contributed by atoms with van der Waals surface area (Å²) in [4.78, 5) is 33.8. The molecule has 0 N–H and O–H groups in total. The number of nitrogens with zero attached hydrogens (tertiary/aromatic N) is 6. The number of aromatic nitrogens is 6. The molecule has 3 heterocycles. The van der Waals surface area contributed by atoms with Crippen LogP contribution in [0, 0.1) is 0 Å².